The van der Waals surface area contributed by atoms with Gasteiger partial charge < -0.3 is 4.42 Å². The van der Waals surface area contributed by atoms with Gasteiger partial charge in [-0.1, -0.05) is 115 Å². The highest BCUT2D eigenvalue weighted by Crippen LogP contribution is 2.42. The highest BCUT2D eigenvalue weighted by atomic mass is 32.1. The topological polar surface area (TPSA) is 56.7 Å². The van der Waals surface area contributed by atoms with Gasteiger partial charge in [0.15, 0.2) is 11.6 Å². The summed E-state index contributed by atoms with van der Waals surface area (Å²) in [6.07, 6.45) is 0. The van der Waals surface area contributed by atoms with Gasteiger partial charge in [-0.15, -0.1) is 11.3 Å². The maximum Gasteiger partial charge on any atom is 0.238 e. The second-order valence-electron chi connectivity index (χ2n) is 12.8. The molecule has 0 aliphatic carbocycles. The van der Waals surface area contributed by atoms with E-state index < -0.39 is 0 Å². The van der Waals surface area contributed by atoms with E-state index in [0.29, 0.717) is 17.6 Å². The fourth-order valence-corrected chi connectivity index (χ4v) is 8.73. The number of thiophene rings is 1. The van der Waals surface area contributed by atoms with Crippen molar-refractivity contribution >= 4 is 75.3 Å². The fourth-order valence-electron chi connectivity index (χ4n) is 7.60. The lowest BCUT2D eigenvalue weighted by atomic mass is 9.98. The first kappa shape index (κ1) is 28.2. The van der Waals surface area contributed by atoms with Crippen molar-refractivity contribution in [2.45, 2.75) is 0 Å². The van der Waals surface area contributed by atoms with Crippen molar-refractivity contribution in [1.29, 1.82) is 0 Å². The summed E-state index contributed by atoms with van der Waals surface area (Å²) in [5.74, 6) is 1.71. The van der Waals surface area contributed by atoms with Gasteiger partial charge in [-0.2, -0.15) is 9.97 Å². The first-order valence-electron chi connectivity index (χ1n) is 16.9. The van der Waals surface area contributed by atoms with E-state index in [2.05, 4.69) is 126 Å². The summed E-state index contributed by atoms with van der Waals surface area (Å²) in [7, 11) is 0. The molecule has 0 aliphatic heterocycles. The van der Waals surface area contributed by atoms with Gasteiger partial charge in [0.05, 0.1) is 16.6 Å². The second kappa shape index (κ2) is 10.9. The molecule has 4 heterocycles. The van der Waals surface area contributed by atoms with Crippen LogP contribution in [0.1, 0.15) is 0 Å². The molecule has 6 heteroatoms. The summed E-state index contributed by atoms with van der Waals surface area (Å²) in [6.45, 7) is 0. The number of nitrogens with zero attached hydrogens (tertiary/aromatic N) is 4. The highest BCUT2D eigenvalue weighted by molar-refractivity contribution is 7.25. The van der Waals surface area contributed by atoms with E-state index in [4.69, 9.17) is 19.4 Å². The summed E-state index contributed by atoms with van der Waals surface area (Å²) in [5, 5.41) is 6.96. The third-order valence-corrected chi connectivity index (χ3v) is 11.0. The van der Waals surface area contributed by atoms with E-state index in [1.54, 1.807) is 0 Å². The molecule has 0 unspecified atom stereocenters. The van der Waals surface area contributed by atoms with Crippen molar-refractivity contribution in [1.82, 2.24) is 19.5 Å². The van der Waals surface area contributed by atoms with Gasteiger partial charge in [-0.05, 0) is 53.6 Å². The lowest BCUT2D eigenvalue weighted by Gasteiger charge is -2.11. The molecule has 7 aromatic carbocycles. The minimum atomic E-state index is 0.556. The largest absolute Gasteiger partial charge is 0.455 e. The van der Waals surface area contributed by atoms with Gasteiger partial charge in [0.2, 0.25) is 5.95 Å². The van der Waals surface area contributed by atoms with Gasteiger partial charge in [0.1, 0.15) is 11.2 Å². The molecular formula is C45H26N4OS. The predicted octanol–water partition coefficient (Wildman–Crippen LogP) is 12.2. The summed E-state index contributed by atoms with van der Waals surface area (Å²) in [4.78, 5) is 15.4. The van der Waals surface area contributed by atoms with Crippen LogP contribution >= 0.6 is 11.3 Å². The third kappa shape index (κ3) is 4.30. The predicted molar refractivity (Wildman–Crippen MR) is 211 cm³/mol. The number of para-hydroxylation sites is 3. The lowest BCUT2D eigenvalue weighted by molar-refractivity contribution is 0.669. The molecule has 0 amide bonds. The van der Waals surface area contributed by atoms with Gasteiger partial charge in [0.25, 0.3) is 0 Å². The van der Waals surface area contributed by atoms with Gasteiger partial charge in [-0.25, -0.2) is 4.98 Å². The van der Waals surface area contributed by atoms with Gasteiger partial charge in [0, 0.05) is 47.3 Å². The van der Waals surface area contributed by atoms with Crippen LogP contribution in [0.2, 0.25) is 0 Å². The summed E-state index contributed by atoms with van der Waals surface area (Å²) < 4.78 is 11.4. The Bertz CT molecular complexity index is 3100. The van der Waals surface area contributed by atoms with Crippen molar-refractivity contribution in [2.75, 3.05) is 0 Å². The van der Waals surface area contributed by atoms with E-state index in [9.17, 15) is 0 Å². The minimum Gasteiger partial charge on any atom is -0.455 e. The minimum absolute atomic E-state index is 0.556. The zero-order valence-corrected chi connectivity index (χ0v) is 27.9. The van der Waals surface area contributed by atoms with Crippen LogP contribution in [0.4, 0.5) is 0 Å². The molecule has 51 heavy (non-hydrogen) atoms. The molecule has 0 radical (unpaired) electrons. The Hall–Kier alpha value is -6.63. The smallest absolute Gasteiger partial charge is 0.238 e. The highest BCUT2D eigenvalue weighted by Gasteiger charge is 2.21. The standard InChI is InChI=1S/C45H26N4OS/c1-2-12-27(13-3-1)43-46-44(48-45(47-43)49-36-20-7-4-14-30(36)31-15-5-8-21-37(31)49)34-19-10-18-32-35-26-28(24-25-38(35)50-42(32)34)29-17-11-23-40-41(29)33-16-6-9-22-39(33)51-40/h1-26H. The molecule has 0 saturated heterocycles. The molecular weight excluding hydrogens is 645 g/mol. The first-order valence-corrected chi connectivity index (χ1v) is 17.8. The Kier molecular flexibility index (Phi) is 6.05. The van der Waals surface area contributed by atoms with E-state index in [-0.39, 0.29) is 0 Å². The Morgan fingerprint density at radius 2 is 1.10 bits per heavy atom. The summed E-state index contributed by atoms with van der Waals surface area (Å²) in [6, 6.07) is 54.9. The van der Waals surface area contributed by atoms with Crippen molar-refractivity contribution in [2.24, 2.45) is 0 Å². The summed E-state index contributed by atoms with van der Waals surface area (Å²) in [5.41, 5.74) is 7.77. The quantitative estimate of drug-likeness (QED) is 0.187. The average Bonchev–Trinajstić information content (AvgIpc) is 3.87. The van der Waals surface area contributed by atoms with Crippen LogP contribution in [0.15, 0.2) is 162 Å². The molecule has 0 spiro atoms. The molecule has 0 saturated carbocycles. The number of aromatic nitrogens is 4. The zero-order valence-electron chi connectivity index (χ0n) is 27.1. The summed E-state index contributed by atoms with van der Waals surface area (Å²) >= 11 is 1.84. The van der Waals surface area contributed by atoms with E-state index in [1.165, 1.54) is 25.7 Å². The normalized spacial score (nSPS) is 11.9. The Balaban J connectivity index is 1.14. The molecule has 5 nitrogen and oxygen atoms in total. The van der Waals surface area contributed by atoms with Gasteiger partial charge in [-0.3, -0.25) is 4.57 Å². The van der Waals surface area contributed by atoms with Crippen LogP contribution in [-0.2, 0) is 0 Å². The van der Waals surface area contributed by atoms with Crippen LogP contribution in [-0.4, -0.2) is 19.5 Å². The molecule has 11 rings (SSSR count). The number of benzene rings is 7. The van der Waals surface area contributed by atoms with E-state index in [1.807, 2.05) is 47.7 Å². The second-order valence-corrected chi connectivity index (χ2v) is 13.9. The van der Waals surface area contributed by atoms with Crippen molar-refractivity contribution in [3.05, 3.63) is 158 Å². The van der Waals surface area contributed by atoms with Crippen LogP contribution in [0.3, 0.4) is 0 Å². The Labute approximate surface area is 295 Å². The zero-order chi connectivity index (χ0) is 33.5. The number of rotatable bonds is 4. The molecule has 11 aromatic rings. The van der Waals surface area contributed by atoms with Crippen LogP contribution in [0.25, 0.3) is 104 Å². The maximum atomic E-state index is 6.68. The Morgan fingerprint density at radius 1 is 0.451 bits per heavy atom. The molecule has 0 bridgehead atoms. The molecule has 0 N–H and O–H groups in total. The molecule has 238 valence electrons. The number of furan rings is 1. The monoisotopic (exact) mass is 670 g/mol. The number of hydrogen-bond donors (Lipinski definition) is 0. The number of hydrogen-bond acceptors (Lipinski definition) is 5. The average molecular weight is 671 g/mol. The van der Waals surface area contributed by atoms with Crippen molar-refractivity contribution in [3.63, 3.8) is 0 Å². The molecule has 0 aliphatic rings. The fraction of sp³-hybridized carbons (Fsp3) is 0. The van der Waals surface area contributed by atoms with Crippen molar-refractivity contribution in [3.8, 4) is 39.9 Å². The van der Waals surface area contributed by atoms with Crippen LogP contribution in [0.5, 0.6) is 0 Å². The van der Waals surface area contributed by atoms with E-state index in [0.717, 1.165) is 60.4 Å². The lowest BCUT2D eigenvalue weighted by Crippen LogP contribution is -2.06. The van der Waals surface area contributed by atoms with Gasteiger partial charge >= 0.3 is 0 Å². The molecule has 4 aromatic heterocycles. The molecule has 0 atom stereocenters. The number of fused-ring (bicyclic) bond motifs is 9. The first-order chi connectivity index (χ1) is 25.3. The molecule has 0 fully saturated rings. The Morgan fingerprint density at radius 3 is 1.92 bits per heavy atom. The van der Waals surface area contributed by atoms with E-state index >= 15 is 0 Å². The SMILES string of the molecule is c1ccc(-c2nc(-c3cccc4c3oc3ccc(-c5cccc6sc7ccccc7c56)cc34)nc(-n3c4ccccc4c4ccccc43)n2)cc1. The van der Waals surface area contributed by atoms with Crippen LogP contribution in [0, 0.1) is 0 Å². The maximum absolute atomic E-state index is 6.68. The van der Waals surface area contributed by atoms with Crippen molar-refractivity contribution < 1.29 is 4.42 Å². The van der Waals surface area contributed by atoms with Crippen LogP contribution < -0.4 is 0 Å². The third-order valence-electron chi connectivity index (χ3n) is 9.89.